The number of carbonyl (C=O) groups excluding carboxylic acids is 1. The zero-order chi connectivity index (χ0) is 23.3. The Hall–Kier alpha value is -3.93. The number of aliphatic imine (C=N–C) groups is 1. The fraction of sp³-hybridized carbons (Fsp3) is 0.261. The van der Waals surface area contributed by atoms with Crippen LogP contribution >= 0.6 is 0 Å². The average Bonchev–Trinajstić information content (AvgIpc) is 2.76. The summed E-state index contributed by atoms with van der Waals surface area (Å²) in [4.78, 5) is 18.1. The van der Waals surface area contributed by atoms with E-state index in [-0.39, 0.29) is 29.6 Å². The van der Waals surface area contributed by atoms with E-state index in [9.17, 15) is 13.6 Å². The fourth-order valence-electron chi connectivity index (χ4n) is 3.64. The summed E-state index contributed by atoms with van der Waals surface area (Å²) >= 11 is 0. The summed E-state index contributed by atoms with van der Waals surface area (Å²) in [6, 6.07) is 9.99. The summed E-state index contributed by atoms with van der Waals surface area (Å²) in [5, 5.41) is 9.08. The van der Waals surface area contributed by atoms with Crippen molar-refractivity contribution < 1.29 is 13.6 Å². The maximum atomic E-state index is 13.9. The molecule has 1 aliphatic heterocycles. The average molecular weight is 438 g/mol. The monoisotopic (exact) mass is 438 g/mol. The molecule has 0 radical (unpaired) electrons. The molecule has 1 atom stereocenters. The lowest BCUT2D eigenvalue weighted by atomic mass is 10.00. The van der Waals surface area contributed by atoms with E-state index in [0.29, 0.717) is 24.2 Å². The Bertz CT molecular complexity index is 1100. The van der Waals surface area contributed by atoms with Crippen LogP contribution in [0.15, 0.2) is 53.0 Å². The van der Waals surface area contributed by atoms with Gasteiger partial charge in [0.15, 0.2) is 6.19 Å². The van der Waals surface area contributed by atoms with E-state index in [1.54, 1.807) is 29.2 Å². The third kappa shape index (κ3) is 5.40. The number of amidine groups is 1. The minimum absolute atomic E-state index is 0.0720. The largest absolute Gasteiger partial charge is 0.397 e. The van der Waals surface area contributed by atoms with Crippen molar-refractivity contribution in [3.8, 4) is 6.19 Å². The molecule has 1 fully saturated rings. The van der Waals surface area contributed by atoms with Crippen molar-refractivity contribution in [2.75, 3.05) is 13.1 Å². The Balaban J connectivity index is 1.83. The van der Waals surface area contributed by atoms with Gasteiger partial charge >= 0.3 is 0 Å². The number of amides is 1. The zero-order valence-corrected chi connectivity index (χ0v) is 17.4. The van der Waals surface area contributed by atoms with Crippen molar-refractivity contribution >= 4 is 17.4 Å². The molecule has 0 saturated carbocycles. The second kappa shape index (κ2) is 9.92. The first-order valence-corrected chi connectivity index (χ1v) is 10.1. The van der Waals surface area contributed by atoms with Gasteiger partial charge in [0, 0.05) is 19.0 Å². The fourth-order valence-corrected chi connectivity index (χ4v) is 3.64. The smallest absolute Gasteiger partial charge is 0.254 e. The molecule has 6 N–H and O–H groups in total. The highest BCUT2D eigenvalue weighted by molar-refractivity contribution is 6.24. The van der Waals surface area contributed by atoms with Crippen LogP contribution in [0.1, 0.15) is 29.5 Å². The first-order valence-electron chi connectivity index (χ1n) is 10.1. The summed E-state index contributed by atoms with van der Waals surface area (Å²) in [7, 11) is 0. The van der Waals surface area contributed by atoms with E-state index in [4.69, 9.17) is 22.5 Å². The lowest BCUT2D eigenvalue weighted by molar-refractivity contribution is -0.114. The summed E-state index contributed by atoms with van der Waals surface area (Å²) in [6.45, 7) is 1.08. The van der Waals surface area contributed by atoms with Crippen molar-refractivity contribution in [2.24, 2.45) is 22.2 Å². The quantitative estimate of drug-likeness (QED) is 0.274. The van der Waals surface area contributed by atoms with Crippen LogP contribution < -0.4 is 17.2 Å². The van der Waals surface area contributed by atoms with Crippen molar-refractivity contribution in [3.63, 3.8) is 0 Å². The van der Waals surface area contributed by atoms with Crippen LogP contribution in [-0.2, 0) is 11.2 Å². The lowest BCUT2D eigenvalue weighted by Gasteiger charge is -2.26. The molecule has 9 heteroatoms. The SMILES string of the molecule is N#CN1CCCC(N=C(N)C(C(N)=O)=C(N)c2ccc(Cc3ccc(F)cc3F)cc2)C1. The Kier molecular flexibility index (Phi) is 7.05. The number of benzene rings is 2. The molecule has 0 spiro atoms. The normalized spacial score (nSPS) is 17.5. The molecule has 0 aromatic heterocycles. The molecule has 166 valence electrons. The number of nitrogens with zero attached hydrogens (tertiary/aromatic N) is 3. The molecule has 3 rings (SSSR count). The first-order chi connectivity index (χ1) is 15.3. The minimum atomic E-state index is -0.811. The number of hydrogen-bond acceptors (Lipinski definition) is 5. The Morgan fingerprint density at radius 1 is 1.16 bits per heavy atom. The number of hydrogen-bond donors (Lipinski definition) is 3. The molecular weight excluding hydrogens is 414 g/mol. The van der Waals surface area contributed by atoms with E-state index < -0.39 is 17.5 Å². The molecule has 0 aliphatic carbocycles. The number of likely N-dealkylation sites (tertiary alicyclic amines) is 1. The summed E-state index contributed by atoms with van der Waals surface area (Å²) in [5.41, 5.74) is 19.4. The van der Waals surface area contributed by atoms with Crippen LogP contribution in [0.3, 0.4) is 0 Å². The van der Waals surface area contributed by atoms with Gasteiger partial charge in [0.1, 0.15) is 23.0 Å². The molecule has 1 aliphatic rings. The molecule has 1 amide bonds. The predicted molar refractivity (Wildman–Crippen MR) is 118 cm³/mol. The van der Waals surface area contributed by atoms with Gasteiger partial charge in [-0.05, 0) is 35.6 Å². The van der Waals surface area contributed by atoms with Gasteiger partial charge in [-0.15, -0.1) is 0 Å². The van der Waals surface area contributed by atoms with Crippen LogP contribution in [0, 0.1) is 23.1 Å². The number of halogens is 2. The Morgan fingerprint density at radius 3 is 2.50 bits per heavy atom. The lowest BCUT2D eigenvalue weighted by Crippen LogP contribution is -2.37. The number of carbonyl (C=O) groups is 1. The second-order valence-corrected chi connectivity index (χ2v) is 7.62. The number of nitriles is 1. The highest BCUT2D eigenvalue weighted by Crippen LogP contribution is 2.20. The molecule has 2 aromatic carbocycles. The van der Waals surface area contributed by atoms with Gasteiger partial charge in [-0.1, -0.05) is 30.3 Å². The molecule has 32 heavy (non-hydrogen) atoms. The van der Waals surface area contributed by atoms with Gasteiger partial charge in [-0.25, -0.2) is 8.78 Å². The highest BCUT2D eigenvalue weighted by atomic mass is 19.1. The van der Waals surface area contributed by atoms with E-state index in [1.165, 1.54) is 12.1 Å². The van der Waals surface area contributed by atoms with Gasteiger partial charge in [0.05, 0.1) is 18.3 Å². The summed E-state index contributed by atoms with van der Waals surface area (Å²) in [5.74, 6) is -2.14. The summed E-state index contributed by atoms with van der Waals surface area (Å²) in [6.07, 6.45) is 3.88. The van der Waals surface area contributed by atoms with Gasteiger partial charge in [-0.2, -0.15) is 5.26 Å². The van der Waals surface area contributed by atoms with Crippen LogP contribution in [0.5, 0.6) is 0 Å². The van der Waals surface area contributed by atoms with Crippen molar-refractivity contribution in [1.82, 2.24) is 4.90 Å². The van der Waals surface area contributed by atoms with Crippen LogP contribution in [0.25, 0.3) is 5.70 Å². The molecule has 2 aromatic rings. The van der Waals surface area contributed by atoms with Crippen LogP contribution in [0.4, 0.5) is 8.78 Å². The zero-order valence-electron chi connectivity index (χ0n) is 17.4. The van der Waals surface area contributed by atoms with E-state index in [2.05, 4.69) is 11.2 Å². The van der Waals surface area contributed by atoms with E-state index >= 15 is 0 Å². The standard InChI is InChI=1S/C23H24F2N6O/c24-17-8-7-16(19(25)11-17)10-14-3-5-15(6-4-14)21(27)20(23(29)32)22(28)30-18-2-1-9-31(12-18)13-26/h3-8,11,18H,1-2,9-10,12,27H2,(H2,28,30)(H2,29,32). The molecular formula is C23H24F2N6O. The summed E-state index contributed by atoms with van der Waals surface area (Å²) < 4.78 is 27.0. The van der Waals surface area contributed by atoms with Gasteiger partial charge < -0.3 is 22.1 Å². The maximum absolute atomic E-state index is 13.9. The number of primary amides is 1. The Labute approximate surface area is 184 Å². The maximum Gasteiger partial charge on any atom is 0.254 e. The van der Waals surface area contributed by atoms with E-state index in [1.807, 2.05) is 0 Å². The van der Waals surface area contributed by atoms with Gasteiger partial charge in [-0.3, -0.25) is 9.79 Å². The van der Waals surface area contributed by atoms with Gasteiger partial charge in [0.25, 0.3) is 5.91 Å². The van der Waals surface area contributed by atoms with Crippen molar-refractivity contribution in [1.29, 1.82) is 5.26 Å². The van der Waals surface area contributed by atoms with E-state index in [0.717, 1.165) is 24.5 Å². The Morgan fingerprint density at radius 2 is 1.88 bits per heavy atom. The minimum Gasteiger partial charge on any atom is -0.397 e. The molecule has 7 nitrogen and oxygen atoms in total. The molecule has 1 unspecified atom stereocenters. The van der Waals surface area contributed by atoms with Crippen molar-refractivity contribution in [3.05, 3.63) is 76.4 Å². The predicted octanol–water partition coefficient (Wildman–Crippen LogP) is 2.01. The van der Waals surface area contributed by atoms with Crippen LogP contribution in [-0.4, -0.2) is 35.8 Å². The highest BCUT2D eigenvalue weighted by Gasteiger charge is 2.22. The number of nitrogens with two attached hydrogens (primary N) is 3. The van der Waals surface area contributed by atoms with Crippen LogP contribution in [0.2, 0.25) is 0 Å². The third-order valence-corrected chi connectivity index (χ3v) is 5.31. The molecule has 1 saturated heterocycles. The van der Waals surface area contributed by atoms with Crippen molar-refractivity contribution in [2.45, 2.75) is 25.3 Å². The number of rotatable bonds is 6. The second-order valence-electron chi connectivity index (χ2n) is 7.62. The van der Waals surface area contributed by atoms with Gasteiger partial charge in [0.2, 0.25) is 0 Å². The molecule has 1 heterocycles. The third-order valence-electron chi connectivity index (χ3n) is 5.31. The topological polar surface area (TPSA) is 135 Å². The molecule has 0 bridgehead atoms. The number of piperidine rings is 1. The first kappa shape index (κ1) is 22.7.